The molecule has 18 heavy (non-hydrogen) atoms. The number of benzene rings is 1. The molecule has 0 spiro atoms. The van der Waals surface area contributed by atoms with Gasteiger partial charge in [0.05, 0.1) is 13.0 Å². The summed E-state index contributed by atoms with van der Waals surface area (Å²) in [5.41, 5.74) is 2.57. The van der Waals surface area contributed by atoms with Crippen LogP contribution in [0.25, 0.3) is 0 Å². The van der Waals surface area contributed by atoms with Gasteiger partial charge < -0.3 is 10.1 Å². The minimum atomic E-state index is -0.102. The van der Waals surface area contributed by atoms with E-state index in [1.54, 1.807) is 0 Å². The molecule has 1 fully saturated rings. The van der Waals surface area contributed by atoms with Gasteiger partial charge in [-0.3, -0.25) is 4.79 Å². The molecule has 1 aromatic carbocycles. The van der Waals surface area contributed by atoms with Crippen LogP contribution in [0.15, 0.2) is 24.3 Å². The van der Waals surface area contributed by atoms with Crippen LogP contribution in [0.2, 0.25) is 0 Å². The van der Waals surface area contributed by atoms with Crippen LogP contribution in [0.4, 0.5) is 0 Å². The molecular weight excluding hydrogens is 250 g/mol. The minimum absolute atomic E-state index is 0. The van der Waals surface area contributed by atoms with Gasteiger partial charge in [0, 0.05) is 13.1 Å². The van der Waals surface area contributed by atoms with Crippen molar-refractivity contribution in [1.82, 2.24) is 5.32 Å². The van der Waals surface area contributed by atoms with Crippen LogP contribution in [0.1, 0.15) is 23.5 Å². The summed E-state index contributed by atoms with van der Waals surface area (Å²) >= 11 is 0. The quantitative estimate of drug-likeness (QED) is 0.837. The van der Waals surface area contributed by atoms with E-state index >= 15 is 0 Å². The molecule has 0 saturated carbocycles. The molecule has 4 heteroatoms. The molecule has 2 atom stereocenters. The summed E-state index contributed by atoms with van der Waals surface area (Å²) in [6, 6.07) is 8.55. The molecule has 0 radical (unpaired) electrons. The number of hydrogen-bond acceptors (Lipinski definition) is 3. The zero-order chi connectivity index (χ0) is 12.3. The lowest BCUT2D eigenvalue weighted by atomic mass is 9.85. The first-order chi connectivity index (χ1) is 8.20. The molecule has 1 aliphatic heterocycles. The third-order valence-electron chi connectivity index (χ3n) is 3.43. The zero-order valence-electron chi connectivity index (χ0n) is 10.8. The number of aryl methyl sites for hydroxylation is 1. The van der Waals surface area contributed by atoms with E-state index in [2.05, 4.69) is 36.5 Å². The van der Waals surface area contributed by atoms with Crippen LogP contribution in [0.3, 0.4) is 0 Å². The first kappa shape index (κ1) is 15.0. The molecule has 2 rings (SSSR count). The summed E-state index contributed by atoms with van der Waals surface area (Å²) in [5, 5.41) is 3.31. The topological polar surface area (TPSA) is 38.3 Å². The second-order valence-electron chi connectivity index (χ2n) is 4.72. The largest absolute Gasteiger partial charge is 0.469 e. The normalized spacial score (nSPS) is 23.0. The van der Waals surface area contributed by atoms with Gasteiger partial charge in [0.15, 0.2) is 0 Å². The van der Waals surface area contributed by atoms with Crippen molar-refractivity contribution in [1.29, 1.82) is 0 Å². The number of esters is 1. The molecule has 1 heterocycles. The van der Waals surface area contributed by atoms with E-state index in [1.807, 2.05) is 0 Å². The highest BCUT2D eigenvalue weighted by Gasteiger charge is 2.28. The Morgan fingerprint density at radius 1 is 1.28 bits per heavy atom. The van der Waals surface area contributed by atoms with E-state index in [0.717, 1.165) is 19.5 Å². The summed E-state index contributed by atoms with van der Waals surface area (Å²) < 4.78 is 4.81. The molecule has 1 N–H and O–H groups in total. The van der Waals surface area contributed by atoms with Crippen LogP contribution < -0.4 is 5.32 Å². The third kappa shape index (κ3) is 3.47. The fourth-order valence-electron chi connectivity index (χ4n) is 2.38. The second-order valence-corrected chi connectivity index (χ2v) is 4.72. The van der Waals surface area contributed by atoms with Crippen LogP contribution >= 0.6 is 12.4 Å². The van der Waals surface area contributed by atoms with Gasteiger partial charge in [-0.2, -0.15) is 0 Å². The molecule has 2 unspecified atom stereocenters. The molecule has 1 saturated heterocycles. The van der Waals surface area contributed by atoms with Gasteiger partial charge in [0.2, 0.25) is 0 Å². The van der Waals surface area contributed by atoms with E-state index in [0.29, 0.717) is 5.92 Å². The van der Waals surface area contributed by atoms with Crippen LogP contribution in [0, 0.1) is 12.8 Å². The van der Waals surface area contributed by atoms with Crippen LogP contribution in [0.5, 0.6) is 0 Å². The van der Waals surface area contributed by atoms with Crippen molar-refractivity contribution in [3.63, 3.8) is 0 Å². The maximum Gasteiger partial charge on any atom is 0.309 e. The van der Waals surface area contributed by atoms with Gasteiger partial charge in [-0.05, 0) is 24.8 Å². The molecule has 1 aromatic rings. The van der Waals surface area contributed by atoms with E-state index in [-0.39, 0.29) is 24.3 Å². The summed E-state index contributed by atoms with van der Waals surface area (Å²) in [6.07, 6.45) is 0.878. The number of nitrogens with one attached hydrogen (secondary N) is 1. The van der Waals surface area contributed by atoms with E-state index < -0.39 is 0 Å². The second kappa shape index (κ2) is 6.76. The Bertz CT molecular complexity index is 391. The highest BCUT2D eigenvalue weighted by Crippen LogP contribution is 2.27. The number of hydrogen-bond donors (Lipinski definition) is 1. The number of methoxy groups -OCH3 is 1. The summed E-state index contributed by atoms with van der Waals surface area (Å²) in [4.78, 5) is 11.5. The number of rotatable bonds is 2. The van der Waals surface area contributed by atoms with Gasteiger partial charge in [-0.15, -0.1) is 12.4 Å². The minimum Gasteiger partial charge on any atom is -0.469 e. The van der Waals surface area contributed by atoms with E-state index in [4.69, 9.17) is 4.74 Å². The molecule has 100 valence electrons. The van der Waals surface area contributed by atoms with Crippen molar-refractivity contribution >= 4 is 18.4 Å². The smallest absolute Gasteiger partial charge is 0.309 e. The average molecular weight is 270 g/mol. The zero-order valence-corrected chi connectivity index (χ0v) is 11.6. The molecule has 0 aliphatic carbocycles. The molecule has 0 bridgehead atoms. The SMILES string of the molecule is COC(=O)C1CNCC(c2ccc(C)cc2)C1.Cl. The fourth-order valence-corrected chi connectivity index (χ4v) is 2.38. The molecule has 0 aromatic heterocycles. The standard InChI is InChI=1S/C14H19NO2.ClH/c1-10-3-5-11(6-4-10)12-7-13(9-15-8-12)14(16)17-2;/h3-6,12-13,15H,7-9H2,1-2H3;1H. The molecular formula is C14H20ClNO2. The van der Waals surface area contributed by atoms with Gasteiger partial charge in [-0.25, -0.2) is 0 Å². The summed E-state index contributed by atoms with van der Waals surface area (Å²) in [7, 11) is 1.46. The van der Waals surface area contributed by atoms with Crippen molar-refractivity contribution in [2.45, 2.75) is 19.3 Å². The Morgan fingerprint density at radius 3 is 2.56 bits per heavy atom. The first-order valence-electron chi connectivity index (χ1n) is 6.06. The van der Waals surface area contributed by atoms with Crippen molar-refractivity contribution in [3.8, 4) is 0 Å². The maximum absolute atomic E-state index is 11.5. The van der Waals surface area contributed by atoms with E-state index in [9.17, 15) is 4.79 Å². The highest BCUT2D eigenvalue weighted by molar-refractivity contribution is 5.85. The number of carbonyl (C=O) groups excluding carboxylic acids is 1. The predicted molar refractivity (Wildman–Crippen MR) is 74.2 cm³/mol. The molecule has 1 aliphatic rings. The highest BCUT2D eigenvalue weighted by atomic mass is 35.5. The van der Waals surface area contributed by atoms with Gasteiger partial charge >= 0.3 is 5.97 Å². The number of carbonyl (C=O) groups is 1. The van der Waals surface area contributed by atoms with Crippen LogP contribution in [-0.2, 0) is 9.53 Å². The van der Waals surface area contributed by atoms with Crippen molar-refractivity contribution in [3.05, 3.63) is 35.4 Å². The molecule has 0 amide bonds. The van der Waals surface area contributed by atoms with E-state index in [1.165, 1.54) is 18.2 Å². The Morgan fingerprint density at radius 2 is 1.94 bits per heavy atom. The Labute approximate surface area is 114 Å². The average Bonchev–Trinajstić information content (AvgIpc) is 2.39. The summed E-state index contributed by atoms with van der Waals surface area (Å²) in [6.45, 7) is 3.76. The predicted octanol–water partition coefficient (Wildman–Crippen LogP) is 2.28. The Hall–Kier alpha value is -1.06. The fraction of sp³-hybridized carbons (Fsp3) is 0.500. The lowest BCUT2D eigenvalue weighted by molar-refractivity contribution is -0.146. The lowest BCUT2D eigenvalue weighted by Gasteiger charge is -2.28. The van der Waals surface area contributed by atoms with Crippen molar-refractivity contribution in [2.75, 3.05) is 20.2 Å². The van der Waals surface area contributed by atoms with Crippen molar-refractivity contribution < 1.29 is 9.53 Å². The van der Waals surface area contributed by atoms with Gasteiger partial charge in [0.1, 0.15) is 0 Å². The Kier molecular flexibility index (Phi) is 5.63. The van der Waals surface area contributed by atoms with Crippen molar-refractivity contribution in [2.24, 2.45) is 5.92 Å². The maximum atomic E-state index is 11.5. The third-order valence-corrected chi connectivity index (χ3v) is 3.43. The Balaban J connectivity index is 0.00000162. The number of ether oxygens (including phenoxy) is 1. The first-order valence-corrected chi connectivity index (χ1v) is 6.06. The lowest BCUT2D eigenvalue weighted by Crippen LogP contribution is -2.39. The molecule has 3 nitrogen and oxygen atoms in total. The van der Waals surface area contributed by atoms with Crippen LogP contribution in [-0.4, -0.2) is 26.2 Å². The van der Waals surface area contributed by atoms with Gasteiger partial charge in [-0.1, -0.05) is 29.8 Å². The number of piperidine rings is 1. The monoisotopic (exact) mass is 269 g/mol. The summed E-state index contributed by atoms with van der Waals surface area (Å²) in [5.74, 6) is 0.294. The van der Waals surface area contributed by atoms with Gasteiger partial charge in [0.25, 0.3) is 0 Å². The number of halogens is 1.